The summed E-state index contributed by atoms with van der Waals surface area (Å²) in [5.41, 5.74) is 5.66. The quantitative estimate of drug-likeness (QED) is 0.805. The molecule has 2 saturated carbocycles. The number of carbonyl (C=O) groups excluding carboxylic acids is 1. The molecule has 0 saturated heterocycles. The van der Waals surface area contributed by atoms with Crippen LogP contribution in [-0.4, -0.2) is 35.7 Å². The molecule has 0 unspecified atom stereocenters. The number of hydrogen-bond acceptors (Lipinski definition) is 3. The second-order valence-electron chi connectivity index (χ2n) is 7.96. The molecule has 0 aromatic heterocycles. The molecule has 0 aromatic rings. The highest BCUT2D eigenvalue weighted by Crippen LogP contribution is 2.46. The van der Waals surface area contributed by atoms with Crippen LogP contribution in [0.15, 0.2) is 0 Å². The van der Waals surface area contributed by atoms with Gasteiger partial charge in [-0.1, -0.05) is 25.7 Å². The maximum Gasteiger partial charge on any atom is 0.410 e. The second-order valence-corrected chi connectivity index (χ2v) is 7.96. The smallest absolute Gasteiger partial charge is 0.410 e. The van der Waals surface area contributed by atoms with Crippen molar-refractivity contribution in [3.05, 3.63) is 0 Å². The van der Waals surface area contributed by atoms with Crippen molar-refractivity contribution in [2.45, 2.75) is 83.8 Å². The number of hydrogen-bond donors (Lipinski definition) is 1. The average molecular weight is 296 g/mol. The lowest BCUT2D eigenvalue weighted by molar-refractivity contribution is 0.00967. The molecule has 0 aliphatic heterocycles. The first-order valence-corrected chi connectivity index (χ1v) is 8.55. The zero-order valence-electron chi connectivity index (χ0n) is 14.0. The first kappa shape index (κ1) is 16.6. The van der Waals surface area contributed by atoms with Crippen LogP contribution in [0.5, 0.6) is 0 Å². The Morgan fingerprint density at radius 1 is 1.19 bits per heavy atom. The van der Waals surface area contributed by atoms with E-state index in [1.54, 1.807) is 0 Å². The molecule has 2 N–H and O–H groups in total. The van der Waals surface area contributed by atoms with Crippen molar-refractivity contribution in [3.63, 3.8) is 0 Å². The Kier molecular flexibility index (Phi) is 5.18. The van der Waals surface area contributed by atoms with Gasteiger partial charge in [0, 0.05) is 18.0 Å². The van der Waals surface area contributed by atoms with E-state index in [0.29, 0.717) is 12.6 Å². The molecule has 0 atom stereocenters. The minimum atomic E-state index is -0.431. The highest BCUT2D eigenvalue weighted by atomic mass is 16.6. The van der Waals surface area contributed by atoms with Gasteiger partial charge in [-0.3, -0.25) is 0 Å². The van der Waals surface area contributed by atoms with Gasteiger partial charge in [0.15, 0.2) is 0 Å². The molecule has 2 aliphatic rings. The number of carbonyl (C=O) groups is 1. The molecule has 0 heterocycles. The fraction of sp³-hybridized carbons (Fsp3) is 0.941. The van der Waals surface area contributed by atoms with Crippen molar-refractivity contribution in [1.82, 2.24) is 4.90 Å². The highest BCUT2D eigenvalue weighted by Gasteiger charge is 2.45. The van der Waals surface area contributed by atoms with E-state index in [1.807, 2.05) is 25.7 Å². The molecule has 2 fully saturated rings. The van der Waals surface area contributed by atoms with Crippen LogP contribution in [0.25, 0.3) is 0 Å². The molecule has 0 aromatic carbocycles. The van der Waals surface area contributed by atoms with Crippen molar-refractivity contribution < 1.29 is 9.53 Å². The minimum Gasteiger partial charge on any atom is -0.444 e. The van der Waals surface area contributed by atoms with Gasteiger partial charge in [0.2, 0.25) is 0 Å². The predicted molar refractivity (Wildman–Crippen MR) is 85.2 cm³/mol. The van der Waals surface area contributed by atoms with Gasteiger partial charge in [-0.05, 0) is 53.0 Å². The van der Waals surface area contributed by atoms with Crippen molar-refractivity contribution >= 4 is 6.09 Å². The number of nitrogens with zero attached hydrogens (tertiary/aromatic N) is 1. The van der Waals surface area contributed by atoms with Crippen LogP contribution in [0.3, 0.4) is 0 Å². The Hall–Kier alpha value is -0.770. The zero-order valence-corrected chi connectivity index (χ0v) is 14.0. The Labute approximate surface area is 129 Å². The van der Waals surface area contributed by atoms with Crippen LogP contribution < -0.4 is 5.73 Å². The maximum atomic E-state index is 12.7. The van der Waals surface area contributed by atoms with E-state index in [0.717, 1.165) is 32.2 Å². The number of ether oxygens (including phenoxy) is 1. The molecule has 0 radical (unpaired) electrons. The van der Waals surface area contributed by atoms with E-state index >= 15 is 0 Å². The van der Waals surface area contributed by atoms with E-state index in [4.69, 9.17) is 10.5 Å². The molecule has 122 valence electrons. The van der Waals surface area contributed by atoms with E-state index in [1.165, 1.54) is 25.7 Å². The molecule has 4 heteroatoms. The third-order valence-corrected chi connectivity index (χ3v) is 4.79. The summed E-state index contributed by atoms with van der Waals surface area (Å²) in [5, 5.41) is 0. The number of nitrogens with two attached hydrogens (primary N) is 1. The summed E-state index contributed by atoms with van der Waals surface area (Å²) in [5.74, 6) is 0. The van der Waals surface area contributed by atoms with Gasteiger partial charge >= 0.3 is 6.09 Å². The van der Waals surface area contributed by atoms with Crippen molar-refractivity contribution in [3.8, 4) is 0 Å². The monoisotopic (exact) mass is 296 g/mol. The van der Waals surface area contributed by atoms with Crippen LogP contribution in [0.4, 0.5) is 4.79 Å². The van der Waals surface area contributed by atoms with Crippen LogP contribution >= 0.6 is 0 Å². The van der Waals surface area contributed by atoms with Crippen LogP contribution in [0.2, 0.25) is 0 Å². The number of amides is 1. The summed E-state index contributed by atoms with van der Waals surface area (Å²) in [4.78, 5) is 14.7. The molecule has 4 nitrogen and oxygen atoms in total. The fourth-order valence-electron chi connectivity index (χ4n) is 3.20. The summed E-state index contributed by atoms with van der Waals surface area (Å²) in [7, 11) is 0. The molecule has 21 heavy (non-hydrogen) atoms. The van der Waals surface area contributed by atoms with Crippen LogP contribution in [-0.2, 0) is 4.74 Å². The molecule has 1 amide bonds. The van der Waals surface area contributed by atoms with Gasteiger partial charge in [-0.25, -0.2) is 4.79 Å². The van der Waals surface area contributed by atoms with Crippen molar-refractivity contribution in [2.75, 3.05) is 13.1 Å². The van der Waals surface area contributed by atoms with Gasteiger partial charge in [-0.2, -0.15) is 0 Å². The minimum absolute atomic E-state index is 0.144. The van der Waals surface area contributed by atoms with Gasteiger partial charge in [-0.15, -0.1) is 0 Å². The van der Waals surface area contributed by atoms with Crippen LogP contribution in [0.1, 0.15) is 72.1 Å². The maximum absolute atomic E-state index is 12.7. The Balaban J connectivity index is 2.07. The third kappa shape index (κ3) is 4.87. The Bertz CT molecular complexity index is 350. The van der Waals surface area contributed by atoms with Gasteiger partial charge in [0.05, 0.1) is 0 Å². The lowest BCUT2D eigenvalue weighted by Gasteiger charge is -2.35. The molecule has 2 aliphatic carbocycles. The molecule has 2 rings (SSSR count). The largest absolute Gasteiger partial charge is 0.444 e. The molecule has 0 spiro atoms. The van der Waals surface area contributed by atoms with E-state index in [2.05, 4.69) is 0 Å². The first-order chi connectivity index (χ1) is 9.85. The first-order valence-electron chi connectivity index (χ1n) is 8.55. The fourth-order valence-corrected chi connectivity index (χ4v) is 3.20. The summed E-state index contributed by atoms with van der Waals surface area (Å²) in [6.07, 6.45) is 9.40. The van der Waals surface area contributed by atoms with E-state index < -0.39 is 5.60 Å². The standard InChI is InChI=1S/C17H32N2O2/c1-16(2,3)21-15(20)19(13-17(12-18)10-11-17)14-8-6-4-5-7-9-14/h14H,4-13,18H2,1-3H3. The van der Waals surface area contributed by atoms with Gasteiger partial charge < -0.3 is 15.4 Å². The SMILES string of the molecule is CC(C)(C)OC(=O)N(CC1(CN)CC1)C1CCCCCC1. The normalized spacial score (nSPS) is 22.5. The third-order valence-electron chi connectivity index (χ3n) is 4.79. The lowest BCUT2D eigenvalue weighted by atomic mass is 10.0. The summed E-state index contributed by atoms with van der Waals surface area (Å²) in [6.45, 7) is 7.27. The van der Waals surface area contributed by atoms with E-state index in [9.17, 15) is 4.79 Å². The van der Waals surface area contributed by atoms with Crippen molar-refractivity contribution in [2.24, 2.45) is 11.1 Å². The lowest BCUT2D eigenvalue weighted by Crippen LogP contribution is -2.47. The van der Waals surface area contributed by atoms with Crippen molar-refractivity contribution in [1.29, 1.82) is 0 Å². The molecular weight excluding hydrogens is 264 g/mol. The average Bonchev–Trinajstić information content (AvgIpc) is 3.19. The summed E-state index contributed by atoms with van der Waals surface area (Å²) >= 11 is 0. The summed E-state index contributed by atoms with van der Waals surface area (Å²) in [6, 6.07) is 0.339. The van der Waals surface area contributed by atoms with Gasteiger partial charge in [0.1, 0.15) is 5.60 Å². The van der Waals surface area contributed by atoms with Gasteiger partial charge in [0.25, 0.3) is 0 Å². The number of rotatable bonds is 4. The zero-order chi connectivity index (χ0) is 15.5. The van der Waals surface area contributed by atoms with E-state index in [-0.39, 0.29) is 11.5 Å². The Morgan fingerprint density at radius 2 is 1.76 bits per heavy atom. The Morgan fingerprint density at radius 3 is 2.19 bits per heavy atom. The highest BCUT2D eigenvalue weighted by molar-refractivity contribution is 5.68. The molecule has 0 bridgehead atoms. The molecular formula is C17H32N2O2. The van der Waals surface area contributed by atoms with Crippen LogP contribution in [0, 0.1) is 5.41 Å². The predicted octanol–water partition coefficient (Wildman–Crippen LogP) is 3.69. The topological polar surface area (TPSA) is 55.6 Å². The second kappa shape index (κ2) is 6.55. The summed E-state index contributed by atoms with van der Waals surface area (Å²) < 4.78 is 5.66.